The minimum atomic E-state index is -0.127. The van der Waals surface area contributed by atoms with Gasteiger partial charge in [-0.15, -0.1) is 0 Å². The third-order valence-corrected chi connectivity index (χ3v) is 5.28. The van der Waals surface area contributed by atoms with E-state index in [1.54, 1.807) is 23.9 Å². The van der Waals surface area contributed by atoms with Crippen LogP contribution >= 0.6 is 15.9 Å². The molecule has 1 fully saturated rings. The number of nitrogens with zero attached hydrogens (tertiary/aromatic N) is 5. The number of anilines is 1. The SMILES string of the molecule is Cn1c(N2CCOC(c3ccccc3Br)C2)nc(-c2ccncn2)cc1=O. The quantitative estimate of drug-likeness (QED) is 0.639. The minimum absolute atomic E-state index is 0.103. The van der Waals surface area contributed by atoms with Gasteiger partial charge in [-0.05, 0) is 17.7 Å². The Hall–Kier alpha value is -2.58. The van der Waals surface area contributed by atoms with Crippen molar-refractivity contribution in [1.82, 2.24) is 19.5 Å². The second-order valence-corrected chi connectivity index (χ2v) is 7.11. The van der Waals surface area contributed by atoms with Gasteiger partial charge in [0, 0.05) is 30.3 Å². The topological polar surface area (TPSA) is 73.1 Å². The Labute approximate surface area is 164 Å². The molecule has 138 valence electrons. The molecule has 1 saturated heterocycles. The van der Waals surface area contributed by atoms with Gasteiger partial charge in [0.05, 0.1) is 24.5 Å². The van der Waals surface area contributed by atoms with Crippen molar-refractivity contribution in [3.05, 3.63) is 69.3 Å². The van der Waals surface area contributed by atoms with Crippen molar-refractivity contribution in [2.45, 2.75) is 6.10 Å². The monoisotopic (exact) mass is 427 g/mol. The Balaban J connectivity index is 1.69. The number of halogens is 1. The third-order valence-electron chi connectivity index (χ3n) is 4.56. The lowest BCUT2D eigenvalue weighted by Crippen LogP contribution is -2.41. The summed E-state index contributed by atoms with van der Waals surface area (Å²) in [6.45, 7) is 1.82. The zero-order valence-corrected chi connectivity index (χ0v) is 16.3. The van der Waals surface area contributed by atoms with Crippen LogP contribution in [0.1, 0.15) is 11.7 Å². The highest BCUT2D eigenvalue weighted by molar-refractivity contribution is 9.10. The predicted octanol–water partition coefficient (Wildman–Crippen LogP) is 2.58. The van der Waals surface area contributed by atoms with Crippen LogP contribution in [-0.4, -0.2) is 39.2 Å². The summed E-state index contributed by atoms with van der Waals surface area (Å²) in [5.74, 6) is 0.608. The number of hydrogen-bond donors (Lipinski definition) is 0. The highest BCUT2D eigenvalue weighted by Gasteiger charge is 2.26. The number of hydrogen-bond acceptors (Lipinski definition) is 6. The molecule has 27 heavy (non-hydrogen) atoms. The molecule has 1 unspecified atom stereocenters. The number of aromatic nitrogens is 4. The number of benzene rings is 1. The highest BCUT2D eigenvalue weighted by atomic mass is 79.9. The Bertz CT molecular complexity index is 1010. The second kappa shape index (κ2) is 7.58. The maximum Gasteiger partial charge on any atom is 0.255 e. The Kier molecular flexibility index (Phi) is 5.00. The van der Waals surface area contributed by atoms with Gasteiger partial charge in [0.15, 0.2) is 0 Å². The van der Waals surface area contributed by atoms with Crippen molar-refractivity contribution in [1.29, 1.82) is 0 Å². The van der Waals surface area contributed by atoms with Gasteiger partial charge in [0.25, 0.3) is 5.56 Å². The fraction of sp³-hybridized carbons (Fsp3) is 0.263. The Morgan fingerprint density at radius 1 is 1.22 bits per heavy atom. The van der Waals surface area contributed by atoms with Crippen LogP contribution in [0, 0.1) is 0 Å². The zero-order chi connectivity index (χ0) is 18.8. The maximum absolute atomic E-state index is 12.5. The van der Waals surface area contributed by atoms with Gasteiger partial charge in [0.2, 0.25) is 5.95 Å². The summed E-state index contributed by atoms with van der Waals surface area (Å²) in [7, 11) is 1.73. The molecule has 0 saturated carbocycles. The van der Waals surface area contributed by atoms with E-state index < -0.39 is 0 Å². The van der Waals surface area contributed by atoms with Gasteiger partial charge in [-0.3, -0.25) is 9.36 Å². The molecule has 0 N–H and O–H groups in total. The fourth-order valence-electron chi connectivity index (χ4n) is 3.14. The van der Waals surface area contributed by atoms with Crippen LogP contribution < -0.4 is 10.5 Å². The summed E-state index contributed by atoms with van der Waals surface area (Å²) >= 11 is 3.59. The van der Waals surface area contributed by atoms with Crippen LogP contribution in [0.2, 0.25) is 0 Å². The molecule has 8 heteroatoms. The van der Waals surface area contributed by atoms with E-state index in [4.69, 9.17) is 9.72 Å². The fourth-order valence-corrected chi connectivity index (χ4v) is 3.68. The van der Waals surface area contributed by atoms with Gasteiger partial charge in [-0.25, -0.2) is 15.0 Å². The first-order chi connectivity index (χ1) is 13.1. The first-order valence-corrected chi connectivity index (χ1v) is 9.38. The molecular weight excluding hydrogens is 410 g/mol. The average molecular weight is 428 g/mol. The summed E-state index contributed by atoms with van der Waals surface area (Å²) in [5, 5.41) is 0. The highest BCUT2D eigenvalue weighted by Crippen LogP contribution is 2.30. The molecule has 1 aliphatic heterocycles. The Morgan fingerprint density at radius 3 is 2.85 bits per heavy atom. The smallest absolute Gasteiger partial charge is 0.255 e. The van der Waals surface area contributed by atoms with E-state index >= 15 is 0 Å². The van der Waals surface area contributed by atoms with E-state index in [0.29, 0.717) is 37.0 Å². The molecule has 0 spiro atoms. The van der Waals surface area contributed by atoms with Crippen LogP contribution in [0.25, 0.3) is 11.4 Å². The van der Waals surface area contributed by atoms with E-state index in [9.17, 15) is 4.79 Å². The van der Waals surface area contributed by atoms with E-state index in [1.165, 1.54) is 12.4 Å². The summed E-state index contributed by atoms with van der Waals surface area (Å²) in [6, 6.07) is 11.3. The lowest BCUT2D eigenvalue weighted by Gasteiger charge is -2.35. The maximum atomic E-state index is 12.5. The van der Waals surface area contributed by atoms with E-state index in [1.807, 2.05) is 24.3 Å². The zero-order valence-electron chi connectivity index (χ0n) is 14.7. The molecule has 3 heterocycles. The van der Waals surface area contributed by atoms with Gasteiger partial charge < -0.3 is 9.64 Å². The molecule has 3 aromatic rings. The molecule has 1 atom stereocenters. The average Bonchev–Trinajstić information content (AvgIpc) is 2.71. The molecule has 0 aliphatic carbocycles. The lowest BCUT2D eigenvalue weighted by molar-refractivity contribution is 0.0385. The van der Waals surface area contributed by atoms with Crippen molar-refractivity contribution < 1.29 is 4.74 Å². The van der Waals surface area contributed by atoms with E-state index in [0.717, 1.165) is 10.0 Å². The minimum Gasteiger partial charge on any atom is -0.370 e. The van der Waals surface area contributed by atoms with Crippen LogP contribution in [-0.2, 0) is 11.8 Å². The first-order valence-electron chi connectivity index (χ1n) is 8.59. The van der Waals surface area contributed by atoms with E-state index in [2.05, 4.69) is 30.8 Å². The number of ether oxygens (including phenoxy) is 1. The lowest BCUT2D eigenvalue weighted by atomic mass is 10.1. The van der Waals surface area contributed by atoms with Crippen molar-refractivity contribution in [2.75, 3.05) is 24.6 Å². The molecule has 1 aliphatic rings. The molecule has 2 aromatic heterocycles. The Morgan fingerprint density at radius 2 is 2.07 bits per heavy atom. The summed E-state index contributed by atoms with van der Waals surface area (Å²) in [5.41, 5.74) is 2.12. The van der Waals surface area contributed by atoms with Crippen molar-refractivity contribution >= 4 is 21.9 Å². The predicted molar refractivity (Wildman–Crippen MR) is 106 cm³/mol. The van der Waals surface area contributed by atoms with Crippen molar-refractivity contribution in [2.24, 2.45) is 7.05 Å². The van der Waals surface area contributed by atoms with Crippen LogP contribution in [0.3, 0.4) is 0 Å². The van der Waals surface area contributed by atoms with Crippen molar-refractivity contribution in [3.63, 3.8) is 0 Å². The molecule has 4 rings (SSSR count). The van der Waals surface area contributed by atoms with Crippen LogP contribution in [0.5, 0.6) is 0 Å². The molecule has 1 aromatic carbocycles. The summed E-state index contributed by atoms with van der Waals surface area (Å²) < 4.78 is 8.54. The summed E-state index contributed by atoms with van der Waals surface area (Å²) in [4.78, 5) is 27.4. The molecule has 0 radical (unpaired) electrons. The third kappa shape index (κ3) is 3.63. The van der Waals surface area contributed by atoms with Gasteiger partial charge >= 0.3 is 0 Å². The summed E-state index contributed by atoms with van der Waals surface area (Å²) in [6.07, 6.45) is 2.99. The van der Waals surface area contributed by atoms with E-state index in [-0.39, 0.29) is 11.7 Å². The number of rotatable bonds is 3. The molecular formula is C19H18BrN5O2. The second-order valence-electron chi connectivity index (χ2n) is 6.26. The largest absolute Gasteiger partial charge is 0.370 e. The van der Waals surface area contributed by atoms with Crippen LogP contribution in [0.4, 0.5) is 5.95 Å². The van der Waals surface area contributed by atoms with Gasteiger partial charge in [0.1, 0.15) is 12.4 Å². The molecule has 0 amide bonds. The van der Waals surface area contributed by atoms with Gasteiger partial charge in [-0.2, -0.15) is 0 Å². The normalized spacial score (nSPS) is 17.1. The van der Waals surface area contributed by atoms with Crippen molar-refractivity contribution in [3.8, 4) is 11.4 Å². The molecule has 7 nitrogen and oxygen atoms in total. The van der Waals surface area contributed by atoms with Crippen LogP contribution in [0.15, 0.2) is 58.2 Å². The standard InChI is InChI=1S/C19H18BrN5O2/c1-24-18(26)10-16(15-6-7-21-12-22-15)23-19(24)25-8-9-27-17(11-25)13-4-2-3-5-14(13)20/h2-7,10,12,17H,8-9,11H2,1H3. The molecule has 0 bridgehead atoms. The van der Waals surface area contributed by atoms with Gasteiger partial charge in [-0.1, -0.05) is 34.1 Å². The number of morpholine rings is 1. The first kappa shape index (κ1) is 17.8.